The van der Waals surface area contributed by atoms with Gasteiger partial charge >= 0.3 is 5.69 Å². The van der Waals surface area contributed by atoms with Crippen LogP contribution in [0.4, 0.5) is 5.69 Å². The zero-order chi connectivity index (χ0) is 16.9. The summed E-state index contributed by atoms with van der Waals surface area (Å²) in [7, 11) is 0. The van der Waals surface area contributed by atoms with E-state index in [-0.39, 0.29) is 23.9 Å². The Morgan fingerprint density at radius 3 is 2.92 bits per heavy atom. The molecule has 10 nitrogen and oxygen atoms in total. The lowest BCUT2D eigenvalue weighted by molar-refractivity contribution is -0.385. The van der Waals surface area contributed by atoms with Gasteiger partial charge in [-0.15, -0.1) is 0 Å². The summed E-state index contributed by atoms with van der Waals surface area (Å²) in [6, 6.07) is 5.11. The minimum Gasteiger partial charge on any atom is -0.454 e. The second-order valence-electron chi connectivity index (χ2n) is 4.94. The fourth-order valence-electron chi connectivity index (χ4n) is 2.08. The molecule has 3 aromatic heterocycles. The number of carbonyl (C=O) groups is 1. The van der Waals surface area contributed by atoms with Gasteiger partial charge < -0.3 is 9.73 Å². The zero-order valence-electron chi connectivity index (χ0n) is 12.5. The van der Waals surface area contributed by atoms with Crippen molar-refractivity contribution >= 4 is 11.6 Å². The SMILES string of the molecule is O=C(NCCn1cc([N+](=O)[O-])cn1)c1ccc(Cn2cccn2)o1. The summed E-state index contributed by atoms with van der Waals surface area (Å²) in [6.45, 7) is 1.03. The lowest BCUT2D eigenvalue weighted by atomic mass is 10.4. The van der Waals surface area contributed by atoms with Crippen LogP contribution in [0, 0.1) is 10.1 Å². The molecule has 3 rings (SSSR count). The predicted octanol–water partition coefficient (Wildman–Crippen LogP) is 1.06. The molecular weight excluding hydrogens is 316 g/mol. The van der Waals surface area contributed by atoms with Crippen LogP contribution in [0.15, 0.2) is 47.4 Å². The summed E-state index contributed by atoms with van der Waals surface area (Å²) in [5, 5.41) is 21.1. The van der Waals surface area contributed by atoms with Crippen molar-refractivity contribution in [3.05, 3.63) is 64.6 Å². The van der Waals surface area contributed by atoms with Gasteiger partial charge in [0.05, 0.1) is 18.0 Å². The van der Waals surface area contributed by atoms with Gasteiger partial charge in [0.1, 0.15) is 18.2 Å². The van der Waals surface area contributed by atoms with E-state index in [2.05, 4.69) is 15.5 Å². The van der Waals surface area contributed by atoms with E-state index < -0.39 is 4.92 Å². The van der Waals surface area contributed by atoms with E-state index >= 15 is 0 Å². The highest BCUT2D eigenvalue weighted by atomic mass is 16.6. The van der Waals surface area contributed by atoms with E-state index in [9.17, 15) is 14.9 Å². The molecule has 24 heavy (non-hydrogen) atoms. The van der Waals surface area contributed by atoms with Gasteiger partial charge in [-0.2, -0.15) is 10.2 Å². The molecule has 0 aliphatic carbocycles. The maximum atomic E-state index is 12.0. The molecule has 0 atom stereocenters. The third-order valence-corrected chi connectivity index (χ3v) is 3.22. The van der Waals surface area contributed by atoms with Crippen molar-refractivity contribution in [2.45, 2.75) is 13.1 Å². The van der Waals surface area contributed by atoms with Crippen LogP contribution in [0.2, 0.25) is 0 Å². The number of hydrogen-bond acceptors (Lipinski definition) is 6. The van der Waals surface area contributed by atoms with Crippen molar-refractivity contribution in [3.8, 4) is 0 Å². The lowest BCUT2D eigenvalue weighted by Gasteiger charge is -2.03. The van der Waals surface area contributed by atoms with Gasteiger partial charge in [0, 0.05) is 18.9 Å². The fraction of sp³-hybridized carbons (Fsp3) is 0.214. The van der Waals surface area contributed by atoms with Crippen LogP contribution in [-0.2, 0) is 13.1 Å². The van der Waals surface area contributed by atoms with E-state index in [1.165, 1.54) is 10.9 Å². The van der Waals surface area contributed by atoms with Crippen LogP contribution >= 0.6 is 0 Å². The lowest BCUT2D eigenvalue weighted by Crippen LogP contribution is -2.27. The van der Waals surface area contributed by atoms with Gasteiger partial charge in [-0.05, 0) is 18.2 Å². The largest absolute Gasteiger partial charge is 0.454 e. The highest BCUT2D eigenvalue weighted by Crippen LogP contribution is 2.10. The molecule has 0 radical (unpaired) electrons. The molecular formula is C14H14N6O4. The van der Waals surface area contributed by atoms with Crippen LogP contribution in [0.5, 0.6) is 0 Å². The highest BCUT2D eigenvalue weighted by molar-refractivity contribution is 5.91. The van der Waals surface area contributed by atoms with Crippen molar-refractivity contribution in [2.24, 2.45) is 0 Å². The molecule has 0 aliphatic rings. The Bertz CT molecular complexity index is 835. The molecule has 3 heterocycles. The topological polar surface area (TPSA) is 121 Å². The number of aromatic nitrogens is 4. The first-order valence-corrected chi connectivity index (χ1v) is 7.13. The first-order chi connectivity index (χ1) is 11.6. The Labute approximate surface area is 135 Å². The minimum atomic E-state index is -0.522. The third kappa shape index (κ3) is 3.66. The Morgan fingerprint density at radius 2 is 2.21 bits per heavy atom. The molecule has 0 fully saturated rings. The highest BCUT2D eigenvalue weighted by Gasteiger charge is 2.12. The van der Waals surface area contributed by atoms with E-state index in [4.69, 9.17) is 4.42 Å². The van der Waals surface area contributed by atoms with Crippen LogP contribution in [0.3, 0.4) is 0 Å². The maximum absolute atomic E-state index is 12.0. The van der Waals surface area contributed by atoms with Gasteiger partial charge in [0.15, 0.2) is 5.76 Å². The average Bonchev–Trinajstić information content (AvgIpc) is 3.28. The molecule has 0 aliphatic heterocycles. The molecule has 0 aromatic carbocycles. The summed E-state index contributed by atoms with van der Waals surface area (Å²) in [5.41, 5.74) is -0.0874. The van der Waals surface area contributed by atoms with Gasteiger partial charge in [-0.3, -0.25) is 24.3 Å². The Morgan fingerprint density at radius 1 is 1.33 bits per heavy atom. The smallest absolute Gasteiger partial charge is 0.306 e. The number of hydrogen-bond donors (Lipinski definition) is 1. The van der Waals surface area contributed by atoms with Crippen molar-refractivity contribution in [2.75, 3.05) is 6.54 Å². The van der Waals surface area contributed by atoms with E-state index in [1.807, 2.05) is 0 Å². The summed E-state index contributed by atoms with van der Waals surface area (Å²) in [4.78, 5) is 22.0. The second kappa shape index (κ2) is 6.77. The number of nitrogens with zero attached hydrogens (tertiary/aromatic N) is 5. The number of carbonyl (C=O) groups excluding carboxylic acids is 1. The Balaban J connectivity index is 1.49. The second-order valence-corrected chi connectivity index (χ2v) is 4.94. The number of nitro groups is 1. The summed E-state index contributed by atoms with van der Waals surface area (Å²) in [5.74, 6) is 0.457. The molecule has 124 valence electrons. The van der Waals surface area contributed by atoms with Gasteiger partial charge in [0.25, 0.3) is 5.91 Å². The molecule has 10 heteroatoms. The monoisotopic (exact) mass is 330 g/mol. The molecule has 1 N–H and O–H groups in total. The number of nitrogens with one attached hydrogen (secondary N) is 1. The summed E-state index contributed by atoms with van der Waals surface area (Å²) < 4.78 is 8.55. The fourth-order valence-corrected chi connectivity index (χ4v) is 2.08. The van der Waals surface area contributed by atoms with Gasteiger partial charge in [-0.25, -0.2) is 0 Å². The molecule has 0 bridgehead atoms. The van der Waals surface area contributed by atoms with Crippen LogP contribution in [0.25, 0.3) is 0 Å². The van der Waals surface area contributed by atoms with Crippen LogP contribution in [-0.4, -0.2) is 36.9 Å². The van der Waals surface area contributed by atoms with Crippen molar-refractivity contribution in [1.29, 1.82) is 0 Å². The van der Waals surface area contributed by atoms with E-state index in [0.29, 0.717) is 18.8 Å². The Kier molecular flexibility index (Phi) is 4.36. The first kappa shape index (κ1) is 15.5. The number of rotatable bonds is 7. The van der Waals surface area contributed by atoms with Crippen molar-refractivity contribution < 1.29 is 14.1 Å². The van der Waals surface area contributed by atoms with E-state index in [0.717, 1.165) is 6.20 Å². The summed E-state index contributed by atoms with van der Waals surface area (Å²) in [6.07, 6.45) is 5.93. The van der Waals surface area contributed by atoms with Crippen molar-refractivity contribution in [1.82, 2.24) is 24.9 Å². The molecule has 0 saturated carbocycles. The quantitative estimate of drug-likeness (QED) is 0.510. The molecule has 3 aromatic rings. The standard InChI is InChI=1S/C14H14N6O4/c21-14(15-5-7-19-9-11(8-17-19)20(22)23)13-3-2-12(24-13)10-18-6-1-4-16-18/h1-4,6,8-9H,5,7,10H2,(H,15,21). The zero-order valence-corrected chi connectivity index (χ0v) is 12.5. The average molecular weight is 330 g/mol. The Hall–Kier alpha value is -3.43. The van der Waals surface area contributed by atoms with Crippen molar-refractivity contribution in [3.63, 3.8) is 0 Å². The normalized spacial score (nSPS) is 10.7. The maximum Gasteiger partial charge on any atom is 0.306 e. The van der Waals surface area contributed by atoms with Gasteiger partial charge in [-0.1, -0.05) is 0 Å². The predicted molar refractivity (Wildman–Crippen MR) is 81.3 cm³/mol. The minimum absolute atomic E-state index is 0.0874. The van der Waals surface area contributed by atoms with E-state index in [1.54, 1.807) is 35.3 Å². The van der Waals surface area contributed by atoms with Crippen LogP contribution in [0.1, 0.15) is 16.3 Å². The van der Waals surface area contributed by atoms with Crippen LogP contribution < -0.4 is 5.32 Å². The molecule has 0 spiro atoms. The number of furan rings is 1. The first-order valence-electron chi connectivity index (χ1n) is 7.13. The number of amides is 1. The van der Waals surface area contributed by atoms with Gasteiger partial charge in [0.2, 0.25) is 0 Å². The molecule has 0 unspecified atom stereocenters. The molecule has 0 saturated heterocycles. The summed E-state index contributed by atoms with van der Waals surface area (Å²) >= 11 is 0. The molecule has 1 amide bonds. The third-order valence-electron chi connectivity index (χ3n) is 3.22.